The van der Waals surface area contributed by atoms with Gasteiger partial charge in [-0.05, 0) is 51.4 Å². The van der Waals surface area contributed by atoms with Gasteiger partial charge in [-0.1, -0.05) is 25.7 Å². The predicted octanol–water partition coefficient (Wildman–Crippen LogP) is -8.72. The molecular weight excluding hydrogens is 406 g/mol. The minimum atomic E-state index is -1.05. The molecule has 27 heavy (non-hydrogen) atoms. The minimum Gasteiger partial charge on any atom is -0.550 e. The van der Waals surface area contributed by atoms with E-state index in [2.05, 4.69) is 0 Å². The van der Waals surface area contributed by atoms with Crippen LogP contribution in [-0.2, 0) is 19.2 Å². The summed E-state index contributed by atoms with van der Waals surface area (Å²) in [4.78, 5) is 39.7. The van der Waals surface area contributed by atoms with Crippen LogP contribution >= 0.6 is 0 Å². The van der Waals surface area contributed by atoms with Crippen LogP contribution in [0.5, 0.6) is 0 Å². The number of carboxylic acids is 4. The maximum atomic E-state index is 9.92. The van der Waals surface area contributed by atoms with Crippen LogP contribution in [0.1, 0.15) is 77.0 Å². The molecule has 140 valence electrons. The van der Waals surface area contributed by atoms with Gasteiger partial charge in [-0.2, -0.15) is 0 Å². The Labute approximate surface area is 234 Å². The second-order valence-electron chi connectivity index (χ2n) is 5.32. The molecule has 0 aliphatic carbocycles. The molecule has 0 atom stereocenters. The fraction of sp³-hybridized carbons (Fsp3) is 0.750. The van der Waals surface area contributed by atoms with Gasteiger partial charge in [-0.15, -0.1) is 0 Å². The van der Waals surface area contributed by atoms with Crippen LogP contribution in [0.15, 0.2) is 0 Å². The number of hydrogen-bond acceptors (Lipinski definition) is 8. The number of carboxylic acid groups (broad SMARTS) is 4. The second kappa shape index (κ2) is 29.3. The molecule has 0 N–H and O–H groups in total. The molecule has 8 nitrogen and oxygen atoms in total. The Kier molecular flexibility index (Phi) is 42.1. The summed E-state index contributed by atoms with van der Waals surface area (Å²) in [6, 6.07) is 0. The van der Waals surface area contributed by atoms with Crippen LogP contribution in [-0.4, -0.2) is 61.6 Å². The molecule has 0 heterocycles. The SMILES string of the molecule is O=C([O-])CCCCCCC(=O)[O-].O=C([O-])CCCCCCC(=O)[O-].[Ca+2].[Na+].[Na+]. The van der Waals surface area contributed by atoms with Gasteiger partial charge in [-0.3, -0.25) is 0 Å². The van der Waals surface area contributed by atoms with E-state index in [9.17, 15) is 39.6 Å². The topological polar surface area (TPSA) is 161 Å². The molecule has 0 unspecified atom stereocenters. The molecule has 0 bridgehead atoms. The van der Waals surface area contributed by atoms with Crippen molar-refractivity contribution in [1.82, 2.24) is 0 Å². The van der Waals surface area contributed by atoms with E-state index in [-0.39, 0.29) is 123 Å². The number of aliphatic carboxylic acids is 4. The Morgan fingerprint density at radius 3 is 0.667 bits per heavy atom. The van der Waals surface area contributed by atoms with Gasteiger partial charge in [0.2, 0.25) is 0 Å². The third kappa shape index (κ3) is 46.8. The molecule has 0 saturated heterocycles. The Bertz CT molecular complexity index is 323. The Morgan fingerprint density at radius 2 is 0.556 bits per heavy atom. The van der Waals surface area contributed by atoms with Crippen LogP contribution in [0, 0.1) is 0 Å². The van der Waals surface area contributed by atoms with Gasteiger partial charge in [0.25, 0.3) is 0 Å². The zero-order chi connectivity index (χ0) is 18.8. The molecule has 0 amide bonds. The molecule has 0 aliphatic heterocycles. The monoisotopic (exact) mass is 430 g/mol. The van der Waals surface area contributed by atoms with Gasteiger partial charge in [-0.25, -0.2) is 0 Å². The molecule has 0 aliphatic rings. The third-order valence-corrected chi connectivity index (χ3v) is 3.02. The molecule has 11 heteroatoms. The number of unbranched alkanes of at least 4 members (excludes halogenated alkanes) is 6. The fourth-order valence-electron chi connectivity index (χ4n) is 1.78. The van der Waals surface area contributed by atoms with Gasteiger partial charge in [0.15, 0.2) is 0 Å². The van der Waals surface area contributed by atoms with E-state index in [1.807, 2.05) is 0 Å². The van der Waals surface area contributed by atoms with Crippen molar-refractivity contribution in [3.63, 3.8) is 0 Å². The molecule has 0 rings (SSSR count). The zero-order valence-corrected chi connectivity index (χ0v) is 22.7. The van der Waals surface area contributed by atoms with Gasteiger partial charge in [0.1, 0.15) is 0 Å². The standard InChI is InChI=1S/2C8H14O4.Ca.2Na/c2*9-7(10)5-3-1-2-4-6-8(11)12;;;/h2*1-6H2,(H,9,10)(H,11,12);;;/q;;+2;2*+1/p-4. The summed E-state index contributed by atoms with van der Waals surface area (Å²) >= 11 is 0. The van der Waals surface area contributed by atoms with Gasteiger partial charge in [0.05, 0.1) is 0 Å². The molecule has 0 fully saturated rings. The van der Waals surface area contributed by atoms with Crippen molar-refractivity contribution in [2.75, 3.05) is 0 Å². The van der Waals surface area contributed by atoms with E-state index in [1.54, 1.807) is 0 Å². The number of hydrogen-bond donors (Lipinski definition) is 0. The van der Waals surface area contributed by atoms with Gasteiger partial charge < -0.3 is 39.6 Å². The van der Waals surface area contributed by atoms with Crippen molar-refractivity contribution in [2.45, 2.75) is 77.0 Å². The smallest absolute Gasteiger partial charge is 0.550 e. The average Bonchev–Trinajstić information content (AvgIpc) is 2.46. The van der Waals surface area contributed by atoms with E-state index in [0.717, 1.165) is 25.7 Å². The van der Waals surface area contributed by atoms with E-state index in [4.69, 9.17) is 0 Å². The van der Waals surface area contributed by atoms with Crippen LogP contribution in [0.4, 0.5) is 0 Å². The molecule has 0 radical (unpaired) electrons. The molecule has 0 aromatic carbocycles. The van der Waals surface area contributed by atoms with Crippen LogP contribution in [0.3, 0.4) is 0 Å². The Morgan fingerprint density at radius 1 is 0.407 bits per heavy atom. The van der Waals surface area contributed by atoms with E-state index >= 15 is 0 Å². The summed E-state index contributed by atoms with van der Waals surface area (Å²) < 4.78 is 0. The van der Waals surface area contributed by atoms with Crippen molar-refractivity contribution >= 4 is 61.6 Å². The summed E-state index contributed by atoms with van der Waals surface area (Å²) in [7, 11) is 0. The van der Waals surface area contributed by atoms with E-state index < -0.39 is 23.9 Å². The summed E-state index contributed by atoms with van der Waals surface area (Å²) in [5, 5.41) is 39.7. The van der Waals surface area contributed by atoms with Gasteiger partial charge >= 0.3 is 96.9 Å². The minimum absolute atomic E-state index is 0. The maximum absolute atomic E-state index is 9.92. The number of carbonyl (C=O) groups is 4. The largest absolute Gasteiger partial charge is 2.00 e. The van der Waals surface area contributed by atoms with E-state index in [1.165, 1.54) is 0 Å². The second-order valence-corrected chi connectivity index (χ2v) is 5.32. The first-order valence-electron chi connectivity index (χ1n) is 8.05. The van der Waals surface area contributed by atoms with Crippen LogP contribution in [0.25, 0.3) is 0 Å². The van der Waals surface area contributed by atoms with Crippen molar-refractivity contribution in [3.05, 3.63) is 0 Å². The van der Waals surface area contributed by atoms with Crippen molar-refractivity contribution in [3.8, 4) is 0 Å². The Balaban J connectivity index is -0.000000108. The third-order valence-electron chi connectivity index (χ3n) is 3.02. The molecule has 0 saturated carbocycles. The first kappa shape index (κ1) is 38.7. The quantitative estimate of drug-likeness (QED) is 0.194. The van der Waals surface area contributed by atoms with Crippen LogP contribution < -0.4 is 79.5 Å². The normalized spacial score (nSPS) is 8.59. The fourth-order valence-corrected chi connectivity index (χ4v) is 1.78. The van der Waals surface area contributed by atoms with Crippen molar-refractivity contribution in [2.24, 2.45) is 0 Å². The number of rotatable bonds is 14. The first-order chi connectivity index (χ1) is 11.3. The Hall–Kier alpha value is 1.14. The molecule has 0 aromatic heterocycles. The predicted molar refractivity (Wildman–Crippen MR) is 81.2 cm³/mol. The summed E-state index contributed by atoms with van der Waals surface area (Å²) in [5.41, 5.74) is 0. The summed E-state index contributed by atoms with van der Waals surface area (Å²) in [6.07, 6.45) is 5.45. The zero-order valence-electron chi connectivity index (χ0n) is 16.5. The first-order valence-corrected chi connectivity index (χ1v) is 8.05. The van der Waals surface area contributed by atoms with Gasteiger partial charge in [0, 0.05) is 23.9 Å². The summed E-state index contributed by atoms with van der Waals surface area (Å²) in [6.45, 7) is 0. The maximum Gasteiger partial charge on any atom is 2.00 e. The van der Waals surface area contributed by atoms with Crippen molar-refractivity contribution < 1.29 is 98.7 Å². The van der Waals surface area contributed by atoms with Crippen molar-refractivity contribution in [1.29, 1.82) is 0 Å². The molecule has 0 aromatic rings. The number of carbonyl (C=O) groups excluding carboxylic acids is 4. The van der Waals surface area contributed by atoms with Crippen LogP contribution in [0.2, 0.25) is 0 Å². The molecule has 0 spiro atoms. The molecular formula is C16H24CaNa2O8. The summed E-state index contributed by atoms with van der Waals surface area (Å²) in [5.74, 6) is -4.19. The van der Waals surface area contributed by atoms with E-state index in [0.29, 0.717) is 25.7 Å². The average molecular weight is 430 g/mol.